The molecule has 0 heterocycles. The van der Waals surface area contributed by atoms with Crippen LogP contribution in [0.4, 0.5) is 8.78 Å². The fourth-order valence-electron chi connectivity index (χ4n) is 2.58. The van der Waals surface area contributed by atoms with Crippen molar-refractivity contribution in [1.29, 1.82) is 0 Å². The first kappa shape index (κ1) is 20.8. The van der Waals surface area contributed by atoms with Crippen LogP contribution in [0.15, 0.2) is 24.3 Å². The van der Waals surface area contributed by atoms with Gasteiger partial charge in [0.05, 0.1) is 5.75 Å². The number of nitrogens with two attached hydrogens (primary N) is 1. The highest BCUT2D eigenvalue weighted by Crippen LogP contribution is 2.18. The molecule has 1 aromatic rings. The Hall–Kier alpha value is -1.25. The van der Waals surface area contributed by atoms with Crippen molar-refractivity contribution in [2.75, 3.05) is 0 Å². The maximum Gasteiger partial charge on any atom is 0.337 e. The molecule has 0 radical (unpaired) electrons. The van der Waals surface area contributed by atoms with Crippen molar-refractivity contribution in [3.8, 4) is 0 Å². The standard InChI is InChI=1S/C15H20F2N2O3S.ClH/c16-15(17)23(21,22)9-10-1-3-11(4-2-10)14(20)19-13-7-5-12(18)6-8-13;/h1-4,12-13,15H,5-9,18H2,(H,19,20);1H. The Balaban J connectivity index is 0.00000288. The molecule has 1 aliphatic carbocycles. The predicted octanol–water partition coefficient (Wildman–Crippen LogP) is 2.25. The summed E-state index contributed by atoms with van der Waals surface area (Å²) in [7, 11) is -4.46. The van der Waals surface area contributed by atoms with Crippen molar-refractivity contribution in [3.05, 3.63) is 35.4 Å². The third kappa shape index (κ3) is 5.68. The smallest absolute Gasteiger partial charge is 0.337 e. The second kappa shape index (κ2) is 8.73. The number of hydrogen-bond acceptors (Lipinski definition) is 4. The molecule has 9 heteroatoms. The summed E-state index contributed by atoms with van der Waals surface area (Å²) in [6.07, 6.45) is 3.40. The van der Waals surface area contributed by atoms with Crippen LogP contribution >= 0.6 is 12.4 Å². The average Bonchev–Trinajstić information content (AvgIpc) is 2.49. The lowest BCUT2D eigenvalue weighted by molar-refractivity contribution is 0.0926. The summed E-state index contributed by atoms with van der Waals surface area (Å²) in [6.45, 7) is 0. The van der Waals surface area contributed by atoms with Crippen LogP contribution in [0.1, 0.15) is 41.6 Å². The molecule has 3 N–H and O–H groups in total. The molecule has 0 bridgehead atoms. The molecule has 0 aromatic heterocycles. The van der Waals surface area contributed by atoms with Gasteiger partial charge < -0.3 is 11.1 Å². The van der Waals surface area contributed by atoms with Gasteiger partial charge in [0.1, 0.15) is 0 Å². The lowest BCUT2D eigenvalue weighted by Gasteiger charge is -2.26. The summed E-state index contributed by atoms with van der Waals surface area (Å²) < 4.78 is 47.0. The molecule has 0 atom stereocenters. The molecule has 1 saturated carbocycles. The highest BCUT2D eigenvalue weighted by atomic mass is 35.5. The van der Waals surface area contributed by atoms with Gasteiger partial charge in [0, 0.05) is 17.6 Å². The molecule has 0 spiro atoms. The van der Waals surface area contributed by atoms with Crippen molar-refractivity contribution in [3.63, 3.8) is 0 Å². The number of nitrogens with one attached hydrogen (secondary N) is 1. The normalized spacial score (nSPS) is 21.2. The van der Waals surface area contributed by atoms with Gasteiger partial charge in [-0.15, -0.1) is 12.4 Å². The second-order valence-corrected chi connectivity index (χ2v) is 7.82. The molecule has 24 heavy (non-hydrogen) atoms. The Bertz CT molecular complexity index is 645. The Morgan fingerprint density at radius 3 is 2.21 bits per heavy atom. The number of alkyl halides is 2. The Morgan fingerprint density at radius 1 is 1.17 bits per heavy atom. The van der Waals surface area contributed by atoms with Crippen LogP contribution in [0.5, 0.6) is 0 Å². The minimum atomic E-state index is -4.46. The van der Waals surface area contributed by atoms with Gasteiger partial charge in [-0.05, 0) is 43.4 Å². The van der Waals surface area contributed by atoms with Crippen LogP contribution in [0.3, 0.4) is 0 Å². The summed E-state index contributed by atoms with van der Waals surface area (Å²) in [6, 6.07) is 5.93. The van der Waals surface area contributed by atoms with Gasteiger partial charge in [-0.1, -0.05) is 12.1 Å². The van der Waals surface area contributed by atoms with Crippen molar-refractivity contribution in [2.45, 2.75) is 49.3 Å². The maximum atomic E-state index is 12.3. The van der Waals surface area contributed by atoms with E-state index in [1.165, 1.54) is 24.3 Å². The van der Waals surface area contributed by atoms with E-state index in [0.29, 0.717) is 5.56 Å². The first-order valence-electron chi connectivity index (χ1n) is 7.43. The van der Waals surface area contributed by atoms with Gasteiger partial charge in [0.15, 0.2) is 0 Å². The number of carbonyl (C=O) groups excluding carboxylic acids is 1. The van der Waals surface area contributed by atoms with E-state index in [-0.39, 0.29) is 36.0 Å². The van der Waals surface area contributed by atoms with E-state index in [1.54, 1.807) is 0 Å². The average molecular weight is 383 g/mol. The molecular formula is C15H21ClF2N2O3S. The van der Waals surface area contributed by atoms with Crippen LogP contribution < -0.4 is 11.1 Å². The minimum absolute atomic E-state index is 0. The highest BCUT2D eigenvalue weighted by Gasteiger charge is 2.24. The zero-order valence-electron chi connectivity index (χ0n) is 13.0. The minimum Gasteiger partial charge on any atom is -0.349 e. The molecule has 5 nitrogen and oxygen atoms in total. The summed E-state index contributed by atoms with van der Waals surface area (Å²) in [5, 5.41) is 2.91. The molecule has 0 unspecified atom stereocenters. The predicted molar refractivity (Wildman–Crippen MR) is 90.0 cm³/mol. The molecule has 0 aliphatic heterocycles. The summed E-state index contributed by atoms with van der Waals surface area (Å²) >= 11 is 0. The lowest BCUT2D eigenvalue weighted by Crippen LogP contribution is -2.40. The monoisotopic (exact) mass is 382 g/mol. The van der Waals surface area contributed by atoms with E-state index in [1.807, 2.05) is 0 Å². The van der Waals surface area contributed by atoms with Gasteiger partial charge in [0.25, 0.3) is 5.91 Å². The van der Waals surface area contributed by atoms with E-state index >= 15 is 0 Å². The van der Waals surface area contributed by atoms with Gasteiger partial charge >= 0.3 is 5.76 Å². The van der Waals surface area contributed by atoms with Gasteiger partial charge in [-0.3, -0.25) is 4.79 Å². The SMILES string of the molecule is Cl.NC1CCC(NC(=O)c2ccc(CS(=O)(=O)C(F)F)cc2)CC1. The zero-order valence-corrected chi connectivity index (χ0v) is 14.6. The fraction of sp³-hybridized carbons (Fsp3) is 0.533. The summed E-state index contributed by atoms with van der Waals surface area (Å²) in [5.41, 5.74) is 6.41. The summed E-state index contributed by atoms with van der Waals surface area (Å²) in [5.74, 6) is -4.40. The molecule has 1 amide bonds. The van der Waals surface area contributed by atoms with Crippen molar-refractivity contribution in [1.82, 2.24) is 5.32 Å². The molecule has 136 valence electrons. The first-order valence-corrected chi connectivity index (χ1v) is 9.14. The van der Waals surface area contributed by atoms with Crippen LogP contribution in [0, 0.1) is 0 Å². The Kier molecular flexibility index (Phi) is 7.56. The third-order valence-electron chi connectivity index (χ3n) is 3.96. The number of halogens is 3. The van der Waals surface area contributed by atoms with Gasteiger partial charge in [-0.2, -0.15) is 8.78 Å². The largest absolute Gasteiger partial charge is 0.349 e. The van der Waals surface area contributed by atoms with E-state index in [0.717, 1.165) is 25.7 Å². The molecule has 2 rings (SSSR count). The van der Waals surface area contributed by atoms with Gasteiger partial charge in [-0.25, -0.2) is 8.42 Å². The van der Waals surface area contributed by atoms with Gasteiger partial charge in [0.2, 0.25) is 9.84 Å². The first-order chi connectivity index (χ1) is 10.8. The Morgan fingerprint density at radius 2 is 1.71 bits per heavy atom. The lowest BCUT2D eigenvalue weighted by atomic mass is 9.91. The van der Waals surface area contributed by atoms with Crippen molar-refractivity contribution in [2.24, 2.45) is 5.73 Å². The number of hydrogen-bond donors (Lipinski definition) is 2. The van der Waals surface area contributed by atoms with Crippen LogP contribution in [-0.4, -0.2) is 32.2 Å². The van der Waals surface area contributed by atoms with Crippen molar-refractivity contribution < 1.29 is 22.0 Å². The van der Waals surface area contributed by atoms with E-state index in [4.69, 9.17) is 5.73 Å². The maximum absolute atomic E-state index is 12.3. The molecule has 1 fully saturated rings. The number of sulfone groups is 1. The number of benzene rings is 1. The molecular weight excluding hydrogens is 362 g/mol. The van der Waals surface area contributed by atoms with Crippen molar-refractivity contribution >= 4 is 28.2 Å². The topological polar surface area (TPSA) is 89.3 Å². The van der Waals surface area contributed by atoms with Crippen LogP contribution in [0.2, 0.25) is 0 Å². The van der Waals surface area contributed by atoms with E-state index in [9.17, 15) is 22.0 Å². The summed E-state index contributed by atoms with van der Waals surface area (Å²) in [4.78, 5) is 12.1. The number of amides is 1. The third-order valence-corrected chi connectivity index (χ3v) is 5.24. The van der Waals surface area contributed by atoms with Crippen LogP contribution in [0.25, 0.3) is 0 Å². The fourth-order valence-corrected chi connectivity index (χ4v) is 3.36. The number of rotatable bonds is 5. The quantitative estimate of drug-likeness (QED) is 0.817. The second-order valence-electron chi connectivity index (χ2n) is 5.85. The molecule has 0 saturated heterocycles. The van der Waals surface area contributed by atoms with E-state index < -0.39 is 21.3 Å². The van der Waals surface area contributed by atoms with E-state index in [2.05, 4.69) is 5.32 Å². The Labute approximate surface area is 146 Å². The molecule has 1 aliphatic rings. The zero-order chi connectivity index (χ0) is 17.0. The number of carbonyl (C=O) groups is 1. The molecule has 1 aromatic carbocycles. The highest BCUT2D eigenvalue weighted by molar-refractivity contribution is 7.90. The van der Waals surface area contributed by atoms with Crippen LogP contribution in [-0.2, 0) is 15.6 Å².